The molecular weight excluding hydrogens is 472 g/mol. The van der Waals surface area contributed by atoms with Gasteiger partial charge in [0.05, 0.1) is 6.61 Å². The lowest BCUT2D eigenvalue weighted by Crippen LogP contribution is -2.41. The third-order valence-corrected chi connectivity index (χ3v) is 7.27. The first-order valence-electron chi connectivity index (χ1n) is 12.3. The van der Waals surface area contributed by atoms with E-state index in [0.717, 1.165) is 12.8 Å². The van der Waals surface area contributed by atoms with E-state index >= 15 is 0 Å². The normalized spacial score (nSPS) is 16.1. The monoisotopic (exact) mass is 500 g/mol. The van der Waals surface area contributed by atoms with Gasteiger partial charge in [-0.3, -0.25) is 14.5 Å². The summed E-state index contributed by atoms with van der Waals surface area (Å²) in [5.74, 6) is 0.716. The maximum Gasteiger partial charge on any atom is 0.276 e. The molecule has 190 valence electrons. The first-order valence-corrected chi connectivity index (χ1v) is 12.3. The number of aliphatic hydroxyl groups excluding tert-OH is 1. The number of aryl methyl sites for hydroxylation is 1. The van der Waals surface area contributed by atoms with Gasteiger partial charge in [-0.15, -0.1) is 0 Å². The minimum Gasteiger partial charge on any atom is -0.392 e. The Labute approximate surface area is 213 Å². The number of rotatable bonds is 5. The molecule has 10 nitrogen and oxygen atoms in total. The lowest BCUT2D eigenvalue weighted by Gasteiger charge is -2.31. The van der Waals surface area contributed by atoms with E-state index in [4.69, 9.17) is 4.52 Å². The molecule has 2 aliphatic rings. The average molecular weight is 501 g/mol. The van der Waals surface area contributed by atoms with Crippen molar-refractivity contribution in [2.75, 3.05) is 16.8 Å². The molecule has 4 aromatic heterocycles. The van der Waals surface area contributed by atoms with Crippen LogP contribution in [0.1, 0.15) is 41.2 Å². The Morgan fingerprint density at radius 1 is 1.16 bits per heavy atom. The van der Waals surface area contributed by atoms with E-state index in [1.165, 1.54) is 22.1 Å². The fourth-order valence-corrected chi connectivity index (χ4v) is 5.62. The van der Waals surface area contributed by atoms with Crippen LogP contribution >= 0.6 is 0 Å². The summed E-state index contributed by atoms with van der Waals surface area (Å²) in [7, 11) is 1.66. The van der Waals surface area contributed by atoms with Crippen LogP contribution in [0.15, 0.2) is 52.2 Å². The largest absolute Gasteiger partial charge is 0.392 e. The third kappa shape index (κ3) is 3.84. The van der Waals surface area contributed by atoms with Crippen molar-refractivity contribution in [2.45, 2.75) is 39.8 Å². The second-order valence-electron chi connectivity index (χ2n) is 10.5. The summed E-state index contributed by atoms with van der Waals surface area (Å²) in [6, 6.07) is 7.12. The van der Waals surface area contributed by atoms with Gasteiger partial charge in [0.25, 0.3) is 11.5 Å². The number of nitrogens with one attached hydrogen (secondary N) is 1. The van der Waals surface area contributed by atoms with Gasteiger partial charge in [-0.05, 0) is 47.6 Å². The van der Waals surface area contributed by atoms with Crippen molar-refractivity contribution in [3.05, 3.63) is 75.8 Å². The number of aliphatic hydroxyl groups is 1. The van der Waals surface area contributed by atoms with Gasteiger partial charge in [-0.25, -0.2) is 4.98 Å². The molecule has 5 heterocycles. The van der Waals surface area contributed by atoms with Crippen LogP contribution in [0, 0.1) is 5.41 Å². The number of nitrogens with zero attached hydrogens (tertiary/aromatic N) is 5. The molecule has 37 heavy (non-hydrogen) atoms. The summed E-state index contributed by atoms with van der Waals surface area (Å²) < 4.78 is 8.47. The number of hydrogen-bond acceptors (Lipinski definition) is 7. The van der Waals surface area contributed by atoms with E-state index in [1.54, 1.807) is 42.5 Å². The van der Waals surface area contributed by atoms with Crippen LogP contribution in [-0.4, -0.2) is 36.8 Å². The van der Waals surface area contributed by atoms with Crippen molar-refractivity contribution < 1.29 is 14.4 Å². The van der Waals surface area contributed by atoms with Crippen molar-refractivity contribution >= 4 is 23.2 Å². The lowest BCUT2D eigenvalue weighted by atomic mass is 9.90. The first kappa shape index (κ1) is 23.2. The Kier molecular flexibility index (Phi) is 5.30. The van der Waals surface area contributed by atoms with Gasteiger partial charge in [0, 0.05) is 55.4 Å². The Morgan fingerprint density at radius 3 is 2.76 bits per heavy atom. The van der Waals surface area contributed by atoms with Crippen molar-refractivity contribution in [3.63, 3.8) is 0 Å². The van der Waals surface area contributed by atoms with Crippen LogP contribution in [0.2, 0.25) is 0 Å². The smallest absolute Gasteiger partial charge is 0.276 e. The highest BCUT2D eigenvalue weighted by atomic mass is 16.5. The van der Waals surface area contributed by atoms with Gasteiger partial charge in [-0.1, -0.05) is 19.0 Å². The Hall–Kier alpha value is -4.18. The zero-order valence-corrected chi connectivity index (χ0v) is 21.0. The van der Waals surface area contributed by atoms with Crippen molar-refractivity contribution in [1.29, 1.82) is 0 Å². The van der Waals surface area contributed by atoms with E-state index in [9.17, 15) is 14.7 Å². The van der Waals surface area contributed by atoms with Crippen LogP contribution in [0.3, 0.4) is 0 Å². The molecule has 0 radical (unpaired) electrons. The summed E-state index contributed by atoms with van der Waals surface area (Å²) >= 11 is 0. The van der Waals surface area contributed by atoms with Crippen LogP contribution in [0.4, 0.5) is 17.3 Å². The predicted octanol–water partition coefficient (Wildman–Crippen LogP) is 3.26. The van der Waals surface area contributed by atoms with Gasteiger partial charge in [-0.2, -0.15) is 0 Å². The fourth-order valence-electron chi connectivity index (χ4n) is 5.62. The van der Waals surface area contributed by atoms with E-state index in [1.807, 2.05) is 6.07 Å². The molecule has 0 fully saturated rings. The number of anilines is 3. The van der Waals surface area contributed by atoms with Crippen LogP contribution in [0.5, 0.6) is 0 Å². The van der Waals surface area contributed by atoms with Crippen molar-refractivity contribution in [3.8, 4) is 11.1 Å². The number of carbonyl (C=O) groups is 1. The molecule has 0 atom stereocenters. The first-order chi connectivity index (χ1) is 17.8. The number of fused-ring (bicyclic) bond motifs is 3. The summed E-state index contributed by atoms with van der Waals surface area (Å²) in [6.07, 6.45) is 6.66. The fraction of sp³-hybridized carbons (Fsp3) is 0.333. The van der Waals surface area contributed by atoms with Gasteiger partial charge in [0.2, 0.25) is 0 Å². The van der Waals surface area contributed by atoms with E-state index in [0.29, 0.717) is 52.8 Å². The Bertz CT molecular complexity index is 1580. The number of pyridine rings is 2. The summed E-state index contributed by atoms with van der Waals surface area (Å²) in [5.41, 5.74) is 5.35. The second-order valence-corrected chi connectivity index (χ2v) is 10.5. The van der Waals surface area contributed by atoms with E-state index in [2.05, 4.69) is 33.9 Å². The second kappa shape index (κ2) is 8.45. The molecule has 0 aromatic carbocycles. The molecule has 0 bridgehead atoms. The SMILES string of the molecule is Cn1cc(-c2ccnc(N3CCn4c(cc5c4CC(C)(C)C5)C3=O)c2CO)cc(Nc2ccon2)c1=O. The minimum absolute atomic E-state index is 0.119. The van der Waals surface area contributed by atoms with Crippen molar-refractivity contribution in [1.82, 2.24) is 19.3 Å². The standard InChI is InChI=1S/C27H28N6O4/c1-27(2)12-16-11-21-26(36)33(8-7-32(21)22(16)13-27)24-19(15-34)18(4-6-28-24)17-10-20(25(35)31(3)14-17)29-23-5-9-37-30-23/h4-6,9-11,14,34H,7-8,12-13,15H2,1-3H3,(H,29,30). The molecule has 1 aliphatic carbocycles. The molecule has 6 rings (SSSR count). The maximum absolute atomic E-state index is 13.6. The average Bonchev–Trinajstić information content (AvgIpc) is 3.57. The van der Waals surface area contributed by atoms with Crippen LogP contribution in [-0.2, 0) is 33.0 Å². The quantitative estimate of drug-likeness (QED) is 0.432. The zero-order chi connectivity index (χ0) is 25.9. The summed E-state index contributed by atoms with van der Waals surface area (Å²) in [5, 5.41) is 17.2. The molecule has 1 amide bonds. The van der Waals surface area contributed by atoms with Crippen molar-refractivity contribution in [2.24, 2.45) is 12.5 Å². The minimum atomic E-state index is -0.317. The molecular formula is C27H28N6O4. The molecule has 2 N–H and O–H groups in total. The van der Waals surface area contributed by atoms with Gasteiger partial charge < -0.3 is 24.1 Å². The molecule has 0 saturated heterocycles. The molecule has 10 heteroatoms. The van der Waals surface area contributed by atoms with Crippen LogP contribution in [0.25, 0.3) is 11.1 Å². The molecule has 0 spiro atoms. The van der Waals surface area contributed by atoms with Gasteiger partial charge >= 0.3 is 0 Å². The van der Waals surface area contributed by atoms with Gasteiger partial charge in [0.1, 0.15) is 23.5 Å². The number of carbonyl (C=O) groups excluding carboxylic acids is 1. The zero-order valence-electron chi connectivity index (χ0n) is 21.0. The summed E-state index contributed by atoms with van der Waals surface area (Å²) in [6.45, 7) is 5.33. The highest BCUT2D eigenvalue weighted by Crippen LogP contribution is 2.40. The number of hydrogen-bond donors (Lipinski definition) is 2. The number of amides is 1. The molecule has 0 saturated carbocycles. The third-order valence-electron chi connectivity index (χ3n) is 7.27. The van der Waals surface area contributed by atoms with Gasteiger partial charge in [0.15, 0.2) is 5.82 Å². The maximum atomic E-state index is 13.6. The molecule has 0 unspecified atom stereocenters. The molecule has 4 aromatic rings. The lowest BCUT2D eigenvalue weighted by molar-refractivity contribution is 0.0962. The topological polar surface area (TPSA) is 118 Å². The predicted molar refractivity (Wildman–Crippen MR) is 138 cm³/mol. The van der Waals surface area contributed by atoms with E-state index in [-0.39, 0.29) is 23.5 Å². The van der Waals surface area contributed by atoms with Crippen LogP contribution < -0.4 is 15.8 Å². The Morgan fingerprint density at radius 2 is 2.00 bits per heavy atom. The number of aromatic nitrogens is 4. The summed E-state index contributed by atoms with van der Waals surface area (Å²) in [4.78, 5) is 32.5. The van der Waals surface area contributed by atoms with E-state index < -0.39 is 0 Å². The molecule has 1 aliphatic heterocycles. The highest BCUT2D eigenvalue weighted by Gasteiger charge is 2.37. The Balaban J connectivity index is 1.39. The highest BCUT2D eigenvalue weighted by molar-refractivity contribution is 6.06.